The highest BCUT2D eigenvalue weighted by Crippen LogP contribution is 2.55. The average Bonchev–Trinajstić information content (AvgIpc) is 2.29. The predicted molar refractivity (Wildman–Crippen MR) is 82.8 cm³/mol. The van der Waals surface area contributed by atoms with E-state index in [0.717, 1.165) is 0 Å². The van der Waals surface area contributed by atoms with E-state index in [1.54, 1.807) is 13.8 Å². The van der Waals surface area contributed by atoms with Crippen LogP contribution in [0.25, 0.3) is 0 Å². The van der Waals surface area contributed by atoms with Gasteiger partial charge in [-0.1, -0.05) is 34.6 Å². The van der Waals surface area contributed by atoms with Crippen LogP contribution >= 0.6 is 0 Å². The van der Waals surface area contributed by atoms with Crippen LogP contribution in [0.15, 0.2) is 0 Å². The molecule has 7 heteroatoms. The van der Waals surface area contributed by atoms with Crippen molar-refractivity contribution in [3.8, 4) is 17.2 Å². The number of benzene rings is 1. The van der Waals surface area contributed by atoms with Gasteiger partial charge in [-0.2, -0.15) is 13.2 Å². The molecule has 0 saturated heterocycles. The molecule has 0 bridgehead atoms. The molecule has 23 heavy (non-hydrogen) atoms. The molecule has 0 aliphatic carbocycles. The largest absolute Gasteiger partial charge is 0.505 e. The molecule has 0 saturated carbocycles. The number of methoxy groups -OCH3 is 1. The molecule has 4 nitrogen and oxygen atoms in total. The van der Waals surface area contributed by atoms with Gasteiger partial charge in [-0.25, -0.2) is 0 Å². The van der Waals surface area contributed by atoms with E-state index >= 15 is 0 Å². The minimum absolute atomic E-state index is 0.303. The van der Waals surface area contributed by atoms with Gasteiger partial charge in [0.25, 0.3) is 0 Å². The van der Waals surface area contributed by atoms with Crippen molar-refractivity contribution in [2.75, 3.05) is 12.8 Å². The summed E-state index contributed by atoms with van der Waals surface area (Å²) in [4.78, 5) is 0. The second-order valence-corrected chi connectivity index (χ2v) is 7.51. The molecular formula is C16H24F3NO3. The molecule has 1 aromatic carbocycles. The lowest BCUT2D eigenvalue weighted by Crippen LogP contribution is -2.28. The molecule has 132 valence electrons. The third kappa shape index (κ3) is 3.76. The number of halogens is 3. The smallest absolute Gasteiger partial charge is 0.420 e. The molecule has 0 aliphatic heterocycles. The van der Waals surface area contributed by atoms with E-state index in [-0.39, 0.29) is 11.2 Å². The Hall–Kier alpha value is -1.79. The van der Waals surface area contributed by atoms with E-state index in [1.807, 2.05) is 20.8 Å². The van der Waals surface area contributed by atoms with E-state index in [9.17, 15) is 23.4 Å². The van der Waals surface area contributed by atoms with Gasteiger partial charge in [0.05, 0.1) is 7.11 Å². The van der Waals surface area contributed by atoms with Gasteiger partial charge in [0, 0.05) is 5.56 Å². The zero-order valence-corrected chi connectivity index (χ0v) is 14.2. The molecule has 4 N–H and O–H groups in total. The topological polar surface area (TPSA) is 75.7 Å². The molecule has 0 heterocycles. The van der Waals surface area contributed by atoms with Crippen molar-refractivity contribution < 1.29 is 28.1 Å². The third-order valence-electron chi connectivity index (χ3n) is 3.58. The Morgan fingerprint density at radius 1 is 0.957 bits per heavy atom. The number of nitrogens with two attached hydrogens (primary N) is 1. The maximum atomic E-state index is 13.5. The summed E-state index contributed by atoms with van der Waals surface area (Å²) in [7, 11) is 1.17. The summed E-state index contributed by atoms with van der Waals surface area (Å²) in [5.41, 5.74) is 1.75. The van der Waals surface area contributed by atoms with Crippen molar-refractivity contribution in [1.82, 2.24) is 0 Å². The molecule has 0 unspecified atom stereocenters. The Bertz CT molecular complexity index is 602. The zero-order valence-electron chi connectivity index (χ0n) is 14.2. The fourth-order valence-electron chi connectivity index (χ4n) is 3.28. The number of phenolic OH excluding ortho intramolecular Hbond substituents is 2. The lowest BCUT2D eigenvalue weighted by atomic mass is 9.70. The Balaban J connectivity index is 3.86. The van der Waals surface area contributed by atoms with Crippen LogP contribution in [-0.2, 0) is 11.6 Å². The Kier molecular flexibility index (Phi) is 4.76. The maximum absolute atomic E-state index is 13.5. The number of nitrogen functional groups attached to an aromatic ring is 1. The van der Waals surface area contributed by atoms with Gasteiger partial charge < -0.3 is 20.7 Å². The maximum Gasteiger partial charge on any atom is 0.420 e. The molecule has 1 rings (SSSR count). The van der Waals surface area contributed by atoms with E-state index in [2.05, 4.69) is 0 Å². The molecule has 0 spiro atoms. The van der Waals surface area contributed by atoms with Crippen molar-refractivity contribution in [2.45, 2.75) is 52.6 Å². The summed E-state index contributed by atoms with van der Waals surface area (Å²) >= 11 is 0. The van der Waals surface area contributed by atoms with Gasteiger partial charge in [0.2, 0.25) is 0 Å². The molecule has 0 radical (unpaired) electrons. The fourth-order valence-corrected chi connectivity index (χ4v) is 3.28. The van der Waals surface area contributed by atoms with Crippen molar-refractivity contribution in [2.24, 2.45) is 5.41 Å². The molecule has 1 aromatic rings. The Labute approximate surface area is 134 Å². The molecular weight excluding hydrogens is 311 g/mol. The van der Waals surface area contributed by atoms with Crippen molar-refractivity contribution >= 4 is 5.69 Å². The molecule has 0 atom stereocenters. The fraction of sp³-hybridized carbons (Fsp3) is 0.625. The van der Waals surface area contributed by atoms with Crippen LogP contribution in [-0.4, -0.2) is 17.3 Å². The molecule has 0 aromatic heterocycles. The summed E-state index contributed by atoms with van der Waals surface area (Å²) in [5, 5.41) is 20.3. The van der Waals surface area contributed by atoms with Crippen LogP contribution in [0.5, 0.6) is 17.2 Å². The molecule has 0 aliphatic rings. The Morgan fingerprint density at radius 2 is 1.43 bits per heavy atom. The monoisotopic (exact) mass is 335 g/mol. The number of rotatable bonds is 3. The van der Waals surface area contributed by atoms with Crippen LogP contribution in [0.4, 0.5) is 18.9 Å². The summed E-state index contributed by atoms with van der Waals surface area (Å²) in [5.74, 6) is -2.17. The number of phenols is 2. The van der Waals surface area contributed by atoms with E-state index in [0.29, 0.717) is 6.42 Å². The number of alkyl halides is 3. The third-order valence-corrected chi connectivity index (χ3v) is 3.58. The van der Waals surface area contributed by atoms with Crippen molar-refractivity contribution in [3.05, 3.63) is 11.1 Å². The van der Waals surface area contributed by atoms with E-state index < -0.39 is 39.9 Å². The zero-order chi connectivity index (χ0) is 18.4. The van der Waals surface area contributed by atoms with E-state index in [1.165, 1.54) is 7.11 Å². The lowest BCUT2D eigenvalue weighted by Gasteiger charge is -2.36. The van der Waals surface area contributed by atoms with Crippen LogP contribution in [0.2, 0.25) is 0 Å². The first-order valence-corrected chi connectivity index (χ1v) is 7.12. The highest BCUT2D eigenvalue weighted by Gasteiger charge is 2.45. The number of anilines is 1. The first kappa shape index (κ1) is 19.3. The molecule has 0 fully saturated rings. The number of aromatic hydroxyl groups is 2. The van der Waals surface area contributed by atoms with Crippen LogP contribution in [0, 0.1) is 5.41 Å². The number of ether oxygens (including phenoxy) is 1. The van der Waals surface area contributed by atoms with Crippen molar-refractivity contribution in [1.29, 1.82) is 0 Å². The van der Waals surface area contributed by atoms with Gasteiger partial charge in [-0.05, 0) is 17.3 Å². The summed E-state index contributed by atoms with van der Waals surface area (Å²) in [6.45, 7) is 8.81. The van der Waals surface area contributed by atoms with Gasteiger partial charge in [0.1, 0.15) is 11.3 Å². The quantitative estimate of drug-likeness (QED) is 0.434. The summed E-state index contributed by atoms with van der Waals surface area (Å²) < 4.78 is 45.4. The van der Waals surface area contributed by atoms with Crippen LogP contribution in [0.3, 0.4) is 0 Å². The van der Waals surface area contributed by atoms with Crippen LogP contribution in [0.1, 0.15) is 52.2 Å². The first-order chi connectivity index (χ1) is 10.1. The van der Waals surface area contributed by atoms with Gasteiger partial charge in [0.15, 0.2) is 17.2 Å². The van der Waals surface area contributed by atoms with Crippen molar-refractivity contribution in [3.63, 3.8) is 0 Å². The van der Waals surface area contributed by atoms with Gasteiger partial charge in [-0.3, -0.25) is 0 Å². The summed E-state index contributed by atoms with van der Waals surface area (Å²) in [6.07, 6.45) is -4.53. The predicted octanol–water partition coefficient (Wildman–Crippen LogP) is 4.42. The normalized spacial score (nSPS) is 13.3. The van der Waals surface area contributed by atoms with Crippen LogP contribution < -0.4 is 10.5 Å². The standard InChI is InChI=1S/C16H24F3NO3/c1-14(2,3)7-15(4,5)8-9(16(17,18)19)11(21)10(20)13(23-6)12(8)22/h21-22H,7,20H2,1-6H3. The second-order valence-electron chi connectivity index (χ2n) is 7.51. The number of hydrogen-bond donors (Lipinski definition) is 3. The molecule has 0 amide bonds. The van der Waals surface area contributed by atoms with Gasteiger partial charge in [-0.15, -0.1) is 0 Å². The SMILES string of the molecule is COc1c(N)c(O)c(C(F)(F)F)c(C(C)(C)CC(C)(C)C)c1O. The summed E-state index contributed by atoms with van der Waals surface area (Å²) in [6, 6.07) is 0. The highest BCUT2D eigenvalue weighted by molar-refractivity contribution is 5.75. The highest BCUT2D eigenvalue weighted by atomic mass is 19.4. The Morgan fingerprint density at radius 3 is 1.78 bits per heavy atom. The van der Waals surface area contributed by atoms with E-state index in [4.69, 9.17) is 10.5 Å². The lowest BCUT2D eigenvalue weighted by molar-refractivity contribution is -0.140. The number of hydrogen-bond acceptors (Lipinski definition) is 4. The second kappa shape index (κ2) is 5.69. The minimum Gasteiger partial charge on any atom is -0.505 e. The minimum atomic E-state index is -4.87. The first-order valence-electron chi connectivity index (χ1n) is 7.12. The average molecular weight is 335 g/mol. The van der Waals surface area contributed by atoms with Gasteiger partial charge >= 0.3 is 6.18 Å².